The standard InChI is InChI=1S/C21H24Cl3N3O4S/c1-13-16(22)7-6-10-19(13)27(32(4,30)31)12-20(28)26(14(2)21(29)25-3)11-15-17(23)8-5-9-18(15)24/h5-10,14H,11-12H2,1-4H3,(H,25,29)/t14-/m1/s1. The molecule has 0 fully saturated rings. The summed E-state index contributed by atoms with van der Waals surface area (Å²) in [7, 11) is -2.41. The zero-order valence-electron chi connectivity index (χ0n) is 18.0. The maximum Gasteiger partial charge on any atom is 0.244 e. The molecule has 32 heavy (non-hydrogen) atoms. The highest BCUT2D eigenvalue weighted by molar-refractivity contribution is 7.92. The predicted molar refractivity (Wildman–Crippen MR) is 129 cm³/mol. The Bertz CT molecular complexity index is 1110. The van der Waals surface area contributed by atoms with Gasteiger partial charge in [-0.1, -0.05) is 46.9 Å². The number of benzene rings is 2. The first-order chi connectivity index (χ1) is 14.9. The summed E-state index contributed by atoms with van der Waals surface area (Å²) in [6, 6.07) is 8.77. The number of anilines is 1. The summed E-state index contributed by atoms with van der Waals surface area (Å²) in [6.45, 7) is 2.58. The Morgan fingerprint density at radius 3 is 2.09 bits per heavy atom. The van der Waals surface area contributed by atoms with E-state index in [0.29, 0.717) is 26.2 Å². The molecule has 0 aliphatic heterocycles. The Kier molecular flexibility index (Phi) is 8.82. The minimum absolute atomic E-state index is 0.0853. The molecule has 2 aromatic carbocycles. The summed E-state index contributed by atoms with van der Waals surface area (Å²) >= 11 is 18.7. The van der Waals surface area contributed by atoms with Gasteiger partial charge in [0.2, 0.25) is 21.8 Å². The van der Waals surface area contributed by atoms with Crippen molar-refractivity contribution in [1.29, 1.82) is 0 Å². The first-order valence-corrected chi connectivity index (χ1v) is 12.5. The minimum Gasteiger partial charge on any atom is -0.357 e. The zero-order chi connectivity index (χ0) is 24.2. The molecular weight excluding hydrogens is 497 g/mol. The highest BCUT2D eigenvalue weighted by atomic mass is 35.5. The quantitative estimate of drug-likeness (QED) is 0.572. The van der Waals surface area contributed by atoms with Crippen LogP contribution in [0.3, 0.4) is 0 Å². The third-order valence-corrected chi connectivity index (χ3v) is 7.23. The molecule has 11 heteroatoms. The molecule has 0 aliphatic rings. The van der Waals surface area contributed by atoms with Gasteiger partial charge in [-0.3, -0.25) is 13.9 Å². The lowest BCUT2D eigenvalue weighted by molar-refractivity contribution is -0.139. The molecule has 0 radical (unpaired) electrons. The van der Waals surface area contributed by atoms with E-state index < -0.39 is 34.4 Å². The van der Waals surface area contributed by atoms with Gasteiger partial charge in [0.15, 0.2) is 0 Å². The van der Waals surface area contributed by atoms with Crippen LogP contribution >= 0.6 is 34.8 Å². The topological polar surface area (TPSA) is 86.8 Å². The number of nitrogens with zero attached hydrogens (tertiary/aromatic N) is 2. The lowest BCUT2D eigenvalue weighted by atomic mass is 10.1. The van der Waals surface area contributed by atoms with Crippen LogP contribution < -0.4 is 9.62 Å². The number of rotatable bonds is 8. The van der Waals surface area contributed by atoms with Gasteiger partial charge in [-0.2, -0.15) is 0 Å². The molecule has 0 bridgehead atoms. The van der Waals surface area contributed by atoms with E-state index in [1.807, 2.05) is 0 Å². The van der Waals surface area contributed by atoms with Crippen molar-refractivity contribution in [1.82, 2.24) is 10.2 Å². The SMILES string of the molecule is CNC(=O)[C@@H](C)N(Cc1c(Cl)cccc1Cl)C(=O)CN(c1cccc(Cl)c1C)S(C)(=O)=O. The number of sulfonamides is 1. The fourth-order valence-electron chi connectivity index (χ4n) is 3.11. The van der Waals surface area contributed by atoms with E-state index in [2.05, 4.69) is 5.32 Å². The van der Waals surface area contributed by atoms with Crippen molar-refractivity contribution in [3.05, 3.63) is 62.6 Å². The van der Waals surface area contributed by atoms with E-state index >= 15 is 0 Å². The van der Waals surface area contributed by atoms with E-state index in [0.717, 1.165) is 10.6 Å². The Hall–Kier alpha value is -2.00. The Labute approximate surface area is 203 Å². The van der Waals surface area contributed by atoms with Crippen LogP contribution in [0.15, 0.2) is 36.4 Å². The molecule has 0 aromatic heterocycles. The van der Waals surface area contributed by atoms with E-state index in [1.165, 1.54) is 18.9 Å². The van der Waals surface area contributed by atoms with E-state index in [9.17, 15) is 18.0 Å². The number of amides is 2. The van der Waals surface area contributed by atoms with E-state index in [-0.39, 0.29) is 12.2 Å². The number of halogens is 3. The number of likely N-dealkylation sites (N-methyl/N-ethyl adjacent to an activating group) is 1. The molecule has 1 N–H and O–H groups in total. The first-order valence-electron chi connectivity index (χ1n) is 9.55. The maximum absolute atomic E-state index is 13.4. The van der Waals surface area contributed by atoms with Gasteiger partial charge in [-0.25, -0.2) is 8.42 Å². The monoisotopic (exact) mass is 519 g/mol. The Morgan fingerprint density at radius 1 is 1.03 bits per heavy atom. The molecule has 0 unspecified atom stereocenters. The van der Waals surface area contributed by atoms with Gasteiger partial charge in [0.25, 0.3) is 0 Å². The second kappa shape index (κ2) is 10.7. The van der Waals surface area contributed by atoms with E-state index in [1.54, 1.807) is 43.3 Å². The molecule has 0 aliphatic carbocycles. The molecule has 7 nitrogen and oxygen atoms in total. The van der Waals surface area contributed by atoms with Gasteiger partial charge in [0.05, 0.1) is 11.9 Å². The summed E-state index contributed by atoms with van der Waals surface area (Å²) in [5.74, 6) is -1.03. The van der Waals surface area contributed by atoms with Crippen LogP contribution in [-0.4, -0.2) is 51.0 Å². The van der Waals surface area contributed by atoms with Crippen molar-refractivity contribution in [2.24, 2.45) is 0 Å². The van der Waals surface area contributed by atoms with Crippen LogP contribution in [0.2, 0.25) is 15.1 Å². The molecule has 0 saturated heterocycles. The molecule has 0 saturated carbocycles. The van der Waals surface area contributed by atoms with Gasteiger partial charge in [-0.15, -0.1) is 0 Å². The molecule has 0 heterocycles. The van der Waals surface area contributed by atoms with Gasteiger partial charge in [0, 0.05) is 34.2 Å². The minimum atomic E-state index is -3.85. The van der Waals surface area contributed by atoms with Crippen LogP contribution in [0.5, 0.6) is 0 Å². The molecule has 1 atom stereocenters. The fraction of sp³-hybridized carbons (Fsp3) is 0.333. The van der Waals surface area contributed by atoms with Gasteiger partial charge in [-0.05, 0) is 43.7 Å². The maximum atomic E-state index is 13.4. The largest absolute Gasteiger partial charge is 0.357 e. The van der Waals surface area contributed by atoms with Crippen LogP contribution in [0.1, 0.15) is 18.1 Å². The lowest BCUT2D eigenvalue weighted by Gasteiger charge is -2.32. The smallest absolute Gasteiger partial charge is 0.244 e. The van der Waals surface area contributed by atoms with Gasteiger partial charge >= 0.3 is 0 Å². The average molecular weight is 521 g/mol. The van der Waals surface area contributed by atoms with Crippen molar-refractivity contribution in [2.45, 2.75) is 26.4 Å². The van der Waals surface area contributed by atoms with Crippen molar-refractivity contribution < 1.29 is 18.0 Å². The highest BCUT2D eigenvalue weighted by Crippen LogP contribution is 2.29. The normalized spacial score (nSPS) is 12.2. The van der Waals surface area contributed by atoms with Crippen LogP contribution in [0.4, 0.5) is 5.69 Å². The third-order valence-electron chi connectivity index (χ3n) is 4.99. The van der Waals surface area contributed by atoms with Crippen LogP contribution in [-0.2, 0) is 26.2 Å². The number of carbonyl (C=O) groups is 2. The van der Waals surface area contributed by atoms with Gasteiger partial charge < -0.3 is 10.2 Å². The number of nitrogens with one attached hydrogen (secondary N) is 1. The molecule has 0 spiro atoms. The second-order valence-electron chi connectivity index (χ2n) is 7.17. The molecule has 2 amide bonds. The van der Waals surface area contributed by atoms with Crippen molar-refractivity contribution in [3.8, 4) is 0 Å². The van der Waals surface area contributed by atoms with Gasteiger partial charge in [0.1, 0.15) is 12.6 Å². The lowest BCUT2D eigenvalue weighted by Crippen LogP contribution is -2.50. The summed E-state index contributed by atoms with van der Waals surface area (Å²) < 4.78 is 26.1. The number of carbonyl (C=O) groups excluding carboxylic acids is 2. The zero-order valence-corrected chi connectivity index (χ0v) is 21.1. The molecule has 2 aromatic rings. The molecular formula is C21H24Cl3N3O4S. The van der Waals surface area contributed by atoms with Crippen molar-refractivity contribution in [2.75, 3.05) is 24.2 Å². The van der Waals surface area contributed by atoms with Crippen molar-refractivity contribution in [3.63, 3.8) is 0 Å². The Balaban J connectivity index is 2.49. The fourth-order valence-corrected chi connectivity index (χ4v) is 4.69. The first kappa shape index (κ1) is 26.3. The summed E-state index contributed by atoms with van der Waals surface area (Å²) in [6.07, 6.45) is 0.998. The highest BCUT2D eigenvalue weighted by Gasteiger charge is 2.31. The third kappa shape index (κ3) is 6.07. The number of hydrogen-bond acceptors (Lipinski definition) is 4. The van der Waals surface area contributed by atoms with Crippen LogP contribution in [0.25, 0.3) is 0 Å². The average Bonchev–Trinajstić information content (AvgIpc) is 2.72. The molecule has 174 valence electrons. The summed E-state index contributed by atoms with van der Waals surface area (Å²) in [5.41, 5.74) is 1.23. The summed E-state index contributed by atoms with van der Waals surface area (Å²) in [5, 5.41) is 3.51. The van der Waals surface area contributed by atoms with Crippen molar-refractivity contribution >= 4 is 62.3 Å². The Morgan fingerprint density at radius 2 is 1.56 bits per heavy atom. The number of hydrogen-bond donors (Lipinski definition) is 1. The van der Waals surface area contributed by atoms with Crippen LogP contribution in [0, 0.1) is 6.92 Å². The second-order valence-corrected chi connectivity index (χ2v) is 10.3. The predicted octanol–water partition coefficient (Wildman–Crippen LogP) is 3.88. The molecule has 2 rings (SSSR count). The van der Waals surface area contributed by atoms with E-state index in [4.69, 9.17) is 34.8 Å². The summed E-state index contributed by atoms with van der Waals surface area (Å²) in [4.78, 5) is 27.0.